The Morgan fingerprint density at radius 1 is 1.13 bits per heavy atom. The molecule has 1 heterocycles. The average molecular weight is 204 g/mol. The molecule has 1 aromatic heterocycles. The maximum absolute atomic E-state index is 13.7. The first kappa shape index (κ1) is 9.97. The highest BCUT2D eigenvalue weighted by Crippen LogP contribution is 2.31. The Labute approximate surface area is 88.5 Å². The zero-order valence-electron chi connectivity index (χ0n) is 8.83. The highest BCUT2D eigenvalue weighted by Gasteiger charge is 2.14. The monoisotopic (exact) mass is 204 g/mol. The quantitative estimate of drug-likeness (QED) is 0.714. The van der Waals surface area contributed by atoms with Crippen molar-refractivity contribution in [3.63, 3.8) is 0 Å². The third kappa shape index (κ3) is 1.80. The van der Waals surface area contributed by atoms with Gasteiger partial charge in [-0.3, -0.25) is 0 Å². The van der Waals surface area contributed by atoms with Crippen LogP contribution in [0.1, 0.15) is 25.3 Å². The first-order valence-corrected chi connectivity index (χ1v) is 5.02. The van der Waals surface area contributed by atoms with Crippen molar-refractivity contribution in [3.05, 3.63) is 48.0 Å². The molecule has 0 amide bonds. The molecule has 0 saturated carbocycles. The van der Waals surface area contributed by atoms with Crippen LogP contribution in [0.5, 0.6) is 0 Å². The summed E-state index contributed by atoms with van der Waals surface area (Å²) in [6.45, 7) is 4.09. The molecule has 15 heavy (non-hydrogen) atoms. The Morgan fingerprint density at radius 3 is 2.53 bits per heavy atom. The van der Waals surface area contributed by atoms with E-state index in [-0.39, 0.29) is 11.7 Å². The van der Waals surface area contributed by atoms with E-state index in [1.54, 1.807) is 24.5 Å². The SMILES string of the molecule is CC(C)c1cccc(F)c1-c1ccco1. The largest absolute Gasteiger partial charge is 0.464 e. The van der Waals surface area contributed by atoms with Crippen LogP contribution in [0.25, 0.3) is 11.3 Å². The van der Waals surface area contributed by atoms with Gasteiger partial charge < -0.3 is 4.42 Å². The fraction of sp³-hybridized carbons (Fsp3) is 0.231. The van der Waals surface area contributed by atoms with E-state index in [9.17, 15) is 4.39 Å². The van der Waals surface area contributed by atoms with Crippen molar-refractivity contribution < 1.29 is 8.81 Å². The standard InChI is InChI=1S/C13H13FO/c1-9(2)10-5-3-6-11(14)13(10)12-7-4-8-15-12/h3-9H,1-2H3. The lowest BCUT2D eigenvalue weighted by Gasteiger charge is -2.11. The predicted molar refractivity (Wildman–Crippen MR) is 58.2 cm³/mol. The van der Waals surface area contributed by atoms with Gasteiger partial charge in [0.2, 0.25) is 0 Å². The Hall–Kier alpha value is -1.57. The summed E-state index contributed by atoms with van der Waals surface area (Å²) in [7, 11) is 0. The summed E-state index contributed by atoms with van der Waals surface area (Å²) < 4.78 is 19.0. The van der Waals surface area contributed by atoms with Gasteiger partial charge in [0.15, 0.2) is 0 Å². The van der Waals surface area contributed by atoms with Gasteiger partial charge >= 0.3 is 0 Å². The maximum Gasteiger partial charge on any atom is 0.137 e. The van der Waals surface area contributed by atoms with Crippen molar-refractivity contribution in [2.24, 2.45) is 0 Å². The van der Waals surface area contributed by atoms with Crippen LogP contribution < -0.4 is 0 Å². The second-order valence-electron chi connectivity index (χ2n) is 3.84. The summed E-state index contributed by atoms with van der Waals surface area (Å²) in [4.78, 5) is 0. The fourth-order valence-electron chi connectivity index (χ4n) is 1.70. The second-order valence-corrected chi connectivity index (χ2v) is 3.84. The van der Waals surface area contributed by atoms with E-state index in [2.05, 4.69) is 0 Å². The number of benzene rings is 1. The van der Waals surface area contributed by atoms with Crippen LogP contribution in [0.4, 0.5) is 4.39 Å². The lowest BCUT2D eigenvalue weighted by Crippen LogP contribution is -1.94. The number of halogens is 1. The van der Waals surface area contributed by atoms with Crippen LogP contribution >= 0.6 is 0 Å². The van der Waals surface area contributed by atoms with Crippen molar-refractivity contribution in [1.29, 1.82) is 0 Å². The molecule has 0 aliphatic heterocycles. The molecule has 0 aliphatic carbocycles. The Bertz CT molecular complexity index is 444. The van der Waals surface area contributed by atoms with Crippen molar-refractivity contribution in [3.8, 4) is 11.3 Å². The number of rotatable bonds is 2. The van der Waals surface area contributed by atoms with Crippen LogP contribution in [0.15, 0.2) is 41.0 Å². The van der Waals surface area contributed by atoms with Gasteiger partial charge in [-0.15, -0.1) is 0 Å². The summed E-state index contributed by atoms with van der Waals surface area (Å²) in [5, 5.41) is 0. The van der Waals surface area contributed by atoms with Gasteiger partial charge in [0, 0.05) is 0 Å². The number of hydrogen-bond acceptors (Lipinski definition) is 1. The molecule has 0 bridgehead atoms. The zero-order chi connectivity index (χ0) is 10.8. The third-order valence-electron chi connectivity index (χ3n) is 2.44. The van der Waals surface area contributed by atoms with E-state index in [1.807, 2.05) is 19.9 Å². The summed E-state index contributed by atoms with van der Waals surface area (Å²) in [5.41, 5.74) is 1.56. The number of hydrogen-bond donors (Lipinski definition) is 0. The lowest BCUT2D eigenvalue weighted by atomic mass is 9.95. The van der Waals surface area contributed by atoms with Crippen molar-refractivity contribution >= 4 is 0 Å². The van der Waals surface area contributed by atoms with Gasteiger partial charge in [-0.1, -0.05) is 26.0 Å². The molecule has 0 atom stereocenters. The molecule has 0 unspecified atom stereocenters. The van der Waals surface area contributed by atoms with E-state index in [0.717, 1.165) is 5.56 Å². The molecule has 2 heteroatoms. The molecule has 0 spiro atoms. The number of furan rings is 1. The van der Waals surface area contributed by atoms with Gasteiger partial charge in [0.1, 0.15) is 11.6 Å². The van der Waals surface area contributed by atoms with E-state index in [4.69, 9.17) is 4.42 Å². The van der Waals surface area contributed by atoms with Crippen molar-refractivity contribution in [2.45, 2.75) is 19.8 Å². The molecule has 2 aromatic rings. The van der Waals surface area contributed by atoms with E-state index in [0.29, 0.717) is 11.3 Å². The zero-order valence-corrected chi connectivity index (χ0v) is 8.83. The Morgan fingerprint density at radius 2 is 1.93 bits per heavy atom. The second kappa shape index (κ2) is 3.89. The first-order chi connectivity index (χ1) is 7.20. The van der Waals surface area contributed by atoms with Gasteiger partial charge in [-0.05, 0) is 29.7 Å². The minimum Gasteiger partial charge on any atom is -0.464 e. The first-order valence-electron chi connectivity index (χ1n) is 5.02. The molecule has 0 N–H and O–H groups in total. The highest BCUT2D eigenvalue weighted by molar-refractivity contribution is 5.63. The molecule has 0 aliphatic rings. The minimum absolute atomic E-state index is 0.226. The topological polar surface area (TPSA) is 13.1 Å². The molecule has 78 valence electrons. The van der Waals surface area contributed by atoms with E-state index in [1.165, 1.54) is 6.07 Å². The molecular formula is C13H13FO. The van der Waals surface area contributed by atoms with Gasteiger partial charge in [0.05, 0.1) is 11.8 Å². The molecular weight excluding hydrogens is 191 g/mol. The molecule has 1 nitrogen and oxygen atoms in total. The molecule has 2 rings (SSSR count). The molecule has 0 radical (unpaired) electrons. The maximum atomic E-state index is 13.7. The summed E-state index contributed by atoms with van der Waals surface area (Å²) in [6, 6.07) is 8.68. The molecule has 1 aromatic carbocycles. The minimum atomic E-state index is -0.226. The third-order valence-corrected chi connectivity index (χ3v) is 2.44. The smallest absolute Gasteiger partial charge is 0.137 e. The highest BCUT2D eigenvalue weighted by atomic mass is 19.1. The van der Waals surface area contributed by atoms with Gasteiger partial charge in [0.25, 0.3) is 0 Å². The van der Waals surface area contributed by atoms with Crippen LogP contribution in [0, 0.1) is 5.82 Å². The summed E-state index contributed by atoms with van der Waals surface area (Å²) >= 11 is 0. The summed E-state index contributed by atoms with van der Waals surface area (Å²) in [6.07, 6.45) is 1.56. The predicted octanol–water partition coefficient (Wildman–Crippen LogP) is 4.21. The van der Waals surface area contributed by atoms with E-state index < -0.39 is 0 Å². The van der Waals surface area contributed by atoms with Gasteiger partial charge in [-0.2, -0.15) is 0 Å². The van der Waals surface area contributed by atoms with E-state index >= 15 is 0 Å². The van der Waals surface area contributed by atoms with Crippen LogP contribution in [0.3, 0.4) is 0 Å². The molecule has 0 saturated heterocycles. The summed E-state index contributed by atoms with van der Waals surface area (Å²) in [5.74, 6) is 0.647. The van der Waals surface area contributed by atoms with Crippen LogP contribution in [0.2, 0.25) is 0 Å². The fourth-order valence-corrected chi connectivity index (χ4v) is 1.70. The van der Waals surface area contributed by atoms with Crippen LogP contribution in [-0.4, -0.2) is 0 Å². The Kier molecular flexibility index (Phi) is 2.58. The van der Waals surface area contributed by atoms with Gasteiger partial charge in [-0.25, -0.2) is 4.39 Å². The lowest BCUT2D eigenvalue weighted by molar-refractivity contribution is 0.566. The average Bonchev–Trinajstić information content (AvgIpc) is 2.70. The Balaban J connectivity index is 2.63. The van der Waals surface area contributed by atoms with Crippen LogP contribution in [-0.2, 0) is 0 Å². The normalized spacial score (nSPS) is 10.9. The van der Waals surface area contributed by atoms with Crippen molar-refractivity contribution in [2.75, 3.05) is 0 Å². The molecule has 0 fully saturated rings. The van der Waals surface area contributed by atoms with Crippen molar-refractivity contribution in [1.82, 2.24) is 0 Å².